The number of terminal acetylenes is 1. The molecule has 3 aromatic carbocycles. The van der Waals surface area contributed by atoms with Gasteiger partial charge in [0.05, 0.1) is 42.8 Å². The number of Topliss-reactive ketones (excluding diaryl/α,β-unsaturated/α-hetero) is 2. The number of esters is 3. The molecule has 4 N–H and O–H groups in total. The van der Waals surface area contributed by atoms with Gasteiger partial charge in [-0.2, -0.15) is 0 Å². The molecule has 4 atom stereocenters. The van der Waals surface area contributed by atoms with Gasteiger partial charge in [-0.25, -0.2) is 9.59 Å². The number of ether oxygens (including phenoxy) is 6. The van der Waals surface area contributed by atoms with Gasteiger partial charge in [0.1, 0.15) is 68.9 Å². The summed E-state index contributed by atoms with van der Waals surface area (Å²) in [5, 5.41) is 40.4. The normalized spacial score (nSPS) is 12.3. The maximum absolute atomic E-state index is 12.4. The molecule has 0 bridgehead atoms. The zero-order valence-electron chi connectivity index (χ0n) is 54.5. The maximum Gasteiger partial charge on any atom is 1.00 e. The average molecular weight is 1250 g/mol. The summed E-state index contributed by atoms with van der Waals surface area (Å²) < 4.78 is 42.4. The van der Waals surface area contributed by atoms with E-state index >= 15 is 0 Å². The molecule has 6 rings (SSSR count). The molecule has 19 nitrogen and oxygen atoms in total. The fraction of sp³-hybridized carbons (Fsp3) is 0.493. The molecule has 5 aromatic rings. The molecular weight excluding hydrogens is 1160 g/mol. The first-order valence-electron chi connectivity index (χ1n) is 30.1. The minimum Gasteiger partial charge on any atom is -1.00 e. The first-order valence-corrected chi connectivity index (χ1v) is 30.1. The first kappa shape index (κ1) is 77.2. The van der Waals surface area contributed by atoms with Gasteiger partial charge in [-0.05, 0) is 141 Å². The molecule has 0 fully saturated rings. The number of fused-ring (bicyclic) bond motifs is 4. The van der Waals surface area contributed by atoms with E-state index in [1.165, 1.54) is 63.6 Å². The Morgan fingerprint density at radius 1 is 0.618 bits per heavy atom. The summed E-state index contributed by atoms with van der Waals surface area (Å²) >= 11 is 0. The largest absolute Gasteiger partial charge is 1.00 e. The predicted octanol–water partition coefficient (Wildman–Crippen LogP) is 9.30. The van der Waals surface area contributed by atoms with E-state index in [0.29, 0.717) is 76.3 Å². The molecule has 0 saturated heterocycles. The van der Waals surface area contributed by atoms with Crippen LogP contribution in [-0.4, -0.2) is 88.0 Å². The Morgan fingerprint density at radius 3 is 1.66 bits per heavy atom. The van der Waals surface area contributed by atoms with Crippen LogP contribution in [0.5, 0.6) is 40.2 Å². The van der Waals surface area contributed by atoms with Crippen LogP contribution in [0, 0.1) is 48.9 Å². The number of hydrogen-bond acceptors (Lipinski definition) is 19. The Kier molecular flexibility index (Phi) is 35.9. The summed E-state index contributed by atoms with van der Waals surface area (Å²) in [7, 11) is 0. The van der Waals surface area contributed by atoms with E-state index in [-0.39, 0.29) is 135 Å². The van der Waals surface area contributed by atoms with E-state index in [9.17, 15) is 54.0 Å². The fourth-order valence-electron chi connectivity index (χ4n) is 9.38. The van der Waals surface area contributed by atoms with Gasteiger partial charge < -0.3 is 59.1 Å². The van der Waals surface area contributed by atoms with Crippen molar-refractivity contribution in [1.29, 1.82) is 0 Å². The average Bonchev–Trinajstić information content (AvgIpc) is 1.06. The quantitative estimate of drug-likeness (QED) is 0.00724. The van der Waals surface area contributed by atoms with E-state index in [1.54, 1.807) is 58.9 Å². The molecule has 0 amide bonds. The summed E-state index contributed by atoms with van der Waals surface area (Å²) in [6.45, 7) is 19.0. The van der Waals surface area contributed by atoms with Crippen LogP contribution in [0.25, 0.3) is 21.9 Å². The molecule has 2 heterocycles. The standard InChI is InChI=1S/C23H32O6.C21H26O5.C14H10O3.C11H18O5.Na.H2.H/c1-5-7-8-9-10-15(3)28-17-13-19(24)22-16(4)18(11-12-21(25)27-6-2)23(26)29-20(22)14-17;1-3-4-5-6-7-13(2)25-15-11-18(23)20-17-10-14(22)8-9-16(17)21(24)26-19(20)12-15;1-3-4-5-6-7-11(2)17-14-9-12(15)8-13(16)10-14;1-4-15-10(13)7-6-9(8(3)12)11(14)16-5-2;;;/h13-15,24H,5-12H2,1-4H3;11-13,23H,3-10H2,1-2H3;1,8-11,15-16H,2H3;9H,4-7H2,1-3H3;;1H;/q;;;;+1;;-1. The number of ketones is 2. The molecule has 0 spiro atoms. The Labute approximate surface area is 546 Å². The Morgan fingerprint density at radius 2 is 1.13 bits per heavy atom. The molecule has 0 saturated carbocycles. The third kappa shape index (κ3) is 27.2. The molecule has 480 valence electrons. The van der Waals surface area contributed by atoms with Crippen LogP contribution in [-0.2, 0) is 57.4 Å². The third-order valence-electron chi connectivity index (χ3n) is 13.7. The van der Waals surface area contributed by atoms with Crippen molar-refractivity contribution in [3.63, 3.8) is 0 Å². The number of phenols is 4. The van der Waals surface area contributed by atoms with E-state index in [2.05, 4.69) is 43.4 Å². The first-order chi connectivity index (χ1) is 42.0. The minimum absolute atomic E-state index is 0. The zero-order valence-corrected chi connectivity index (χ0v) is 55.5. The molecule has 0 radical (unpaired) electrons. The van der Waals surface area contributed by atoms with Crippen molar-refractivity contribution in [1.82, 2.24) is 0 Å². The molecule has 20 heteroatoms. The SMILES string of the molecule is C#CC#CC#CC(C)Oc1cc(O)cc(O)c1.CCCCCCC(C)Oc1cc(O)c2c(C)c(CCC(=O)OCC)c(=O)oc2c1.CCCCCCC(C)Oc1cc(O)c2c3c(c(=O)oc2c1)CCC(=O)C3.CCOC(=O)CCC(C(C)=O)C(=O)OCC.[H-].[HH].[Na+]. The van der Waals surface area contributed by atoms with Gasteiger partial charge in [0.25, 0.3) is 0 Å². The van der Waals surface area contributed by atoms with Gasteiger partial charge in [-0.3, -0.25) is 24.0 Å². The number of hydrogen-bond donors (Lipinski definition) is 4. The van der Waals surface area contributed by atoms with Crippen molar-refractivity contribution in [2.45, 2.75) is 197 Å². The van der Waals surface area contributed by atoms with Gasteiger partial charge in [0, 0.05) is 80.7 Å². The van der Waals surface area contributed by atoms with Crippen molar-refractivity contribution in [2.75, 3.05) is 19.8 Å². The summed E-state index contributed by atoms with van der Waals surface area (Å²) in [4.78, 5) is 81.7. The monoisotopic (exact) mass is 1240 g/mol. The number of phenolic OH excluding ortho intramolecular Hbond substituents is 4. The Hall–Kier alpha value is -7.89. The molecule has 1 aliphatic rings. The molecule has 0 aliphatic heterocycles. The number of carbonyl (C=O) groups is 5. The van der Waals surface area contributed by atoms with Crippen molar-refractivity contribution in [3.8, 4) is 76.3 Å². The van der Waals surface area contributed by atoms with Crippen LogP contribution in [0.4, 0.5) is 0 Å². The molecule has 4 unspecified atom stereocenters. The smallest absolute Gasteiger partial charge is 1.00 e. The number of unbranched alkanes of at least 4 members (excludes halogenated alkanes) is 6. The third-order valence-corrected chi connectivity index (χ3v) is 13.7. The number of rotatable bonds is 27. The van der Waals surface area contributed by atoms with Crippen molar-refractivity contribution in [2.24, 2.45) is 5.92 Å². The Bertz CT molecular complexity index is 3430. The van der Waals surface area contributed by atoms with E-state index < -0.39 is 35.2 Å². The number of aromatic hydroxyl groups is 4. The van der Waals surface area contributed by atoms with Gasteiger partial charge in [-0.15, -0.1) is 6.42 Å². The van der Waals surface area contributed by atoms with Crippen molar-refractivity contribution in [3.05, 3.63) is 85.6 Å². The van der Waals surface area contributed by atoms with Gasteiger partial charge >= 0.3 is 58.7 Å². The molecule has 89 heavy (non-hydrogen) atoms. The summed E-state index contributed by atoms with van der Waals surface area (Å²) in [5.74, 6) is 10.9. The maximum atomic E-state index is 12.4. The Balaban J connectivity index is 0.00000121. The van der Waals surface area contributed by atoms with Crippen LogP contribution in [0.15, 0.2) is 60.9 Å². The molecule has 1 aliphatic carbocycles. The minimum atomic E-state index is -0.857. The van der Waals surface area contributed by atoms with E-state index in [1.807, 2.05) is 13.8 Å². The predicted molar refractivity (Wildman–Crippen MR) is 337 cm³/mol. The van der Waals surface area contributed by atoms with Crippen LogP contribution in [0.2, 0.25) is 0 Å². The van der Waals surface area contributed by atoms with Gasteiger partial charge in [-0.1, -0.05) is 52.4 Å². The van der Waals surface area contributed by atoms with Crippen molar-refractivity contribution >= 4 is 51.4 Å². The summed E-state index contributed by atoms with van der Waals surface area (Å²) in [6.07, 6.45) is 17.1. The summed E-state index contributed by atoms with van der Waals surface area (Å²) in [6, 6.07) is 10.3. The van der Waals surface area contributed by atoms with E-state index in [0.717, 1.165) is 25.7 Å². The van der Waals surface area contributed by atoms with Crippen molar-refractivity contribution < 1.29 is 114 Å². The number of aryl methyl sites for hydroxylation is 1. The van der Waals surface area contributed by atoms with Crippen LogP contribution in [0.3, 0.4) is 0 Å². The zero-order chi connectivity index (χ0) is 65.3. The van der Waals surface area contributed by atoms with E-state index in [4.69, 9.17) is 43.7 Å². The second-order valence-corrected chi connectivity index (χ2v) is 20.9. The number of carbonyl (C=O) groups excluding carboxylic acids is 5. The summed E-state index contributed by atoms with van der Waals surface area (Å²) in [5.41, 5.74) is 1.70. The van der Waals surface area contributed by atoms with Gasteiger partial charge in [0.2, 0.25) is 0 Å². The van der Waals surface area contributed by atoms with Crippen LogP contribution < -0.4 is 55.0 Å². The van der Waals surface area contributed by atoms with Gasteiger partial charge in [0.15, 0.2) is 6.10 Å². The second kappa shape index (κ2) is 41.4. The molecule has 2 aromatic heterocycles. The molecular formula is C69H89NaO19. The number of benzene rings is 3. The second-order valence-electron chi connectivity index (χ2n) is 20.9. The fourth-order valence-corrected chi connectivity index (χ4v) is 9.38. The van der Waals surface area contributed by atoms with Crippen LogP contribution in [0.1, 0.15) is 177 Å². The van der Waals surface area contributed by atoms with Crippen LogP contribution >= 0.6 is 0 Å². The topological polar surface area (TPSA) is 282 Å².